The minimum Gasteiger partial charge on any atom is -0.375 e. The number of amides is 2. The Morgan fingerprint density at radius 1 is 1.27 bits per heavy atom. The molecule has 1 aromatic carbocycles. The topological polar surface area (TPSA) is 49.9 Å². The van der Waals surface area contributed by atoms with Crippen LogP contribution < -0.4 is 4.90 Å². The Bertz CT molecular complexity index is 600. The molecule has 1 aliphatic heterocycles. The van der Waals surface area contributed by atoms with E-state index in [1.165, 1.54) is 24.7 Å². The molecular formula is C17H22N2O3. The number of hydrogen-bond donors (Lipinski definition) is 0. The first-order valence-corrected chi connectivity index (χ1v) is 7.83. The molecule has 1 heterocycles. The molecule has 1 saturated heterocycles. The van der Waals surface area contributed by atoms with Crippen LogP contribution in [0.2, 0.25) is 0 Å². The number of methoxy groups -OCH3 is 1. The number of aryl methyl sites for hydroxylation is 2. The molecule has 1 unspecified atom stereocenters. The first-order chi connectivity index (χ1) is 10.6. The predicted octanol–water partition coefficient (Wildman–Crippen LogP) is 1.39. The zero-order valence-electron chi connectivity index (χ0n) is 13.2. The molecule has 2 amide bonds. The van der Waals surface area contributed by atoms with Crippen LogP contribution in [0.25, 0.3) is 0 Å². The highest BCUT2D eigenvalue weighted by Gasteiger charge is 2.35. The van der Waals surface area contributed by atoms with Crippen molar-refractivity contribution in [1.29, 1.82) is 0 Å². The SMILES string of the molecule is COCC(=O)N1CCN(c2ccc3c(c2)CCC3)C(=O)C1C. The highest BCUT2D eigenvalue weighted by Crippen LogP contribution is 2.28. The van der Waals surface area contributed by atoms with Crippen LogP contribution in [-0.4, -0.2) is 49.6 Å². The molecule has 0 radical (unpaired) electrons. The first kappa shape index (κ1) is 15.0. The maximum absolute atomic E-state index is 12.6. The van der Waals surface area contributed by atoms with Crippen molar-refractivity contribution in [3.63, 3.8) is 0 Å². The van der Waals surface area contributed by atoms with Gasteiger partial charge in [-0.1, -0.05) is 6.07 Å². The average molecular weight is 302 g/mol. The molecule has 22 heavy (non-hydrogen) atoms. The second kappa shape index (κ2) is 6.08. The molecule has 5 nitrogen and oxygen atoms in total. The largest absolute Gasteiger partial charge is 0.375 e. The number of ether oxygens (including phenoxy) is 1. The van der Waals surface area contributed by atoms with E-state index in [1.54, 1.807) is 16.7 Å². The Labute approximate surface area is 130 Å². The van der Waals surface area contributed by atoms with E-state index in [0.29, 0.717) is 13.1 Å². The molecule has 0 saturated carbocycles. The van der Waals surface area contributed by atoms with E-state index in [-0.39, 0.29) is 18.4 Å². The van der Waals surface area contributed by atoms with Crippen molar-refractivity contribution in [3.8, 4) is 0 Å². The molecule has 3 rings (SSSR count). The van der Waals surface area contributed by atoms with Gasteiger partial charge >= 0.3 is 0 Å². The van der Waals surface area contributed by atoms with E-state index in [9.17, 15) is 9.59 Å². The van der Waals surface area contributed by atoms with E-state index >= 15 is 0 Å². The van der Waals surface area contributed by atoms with Gasteiger partial charge in [0, 0.05) is 25.9 Å². The Balaban J connectivity index is 1.77. The number of anilines is 1. The van der Waals surface area contributed by atoms with Gasteiger partial charge in [-0.2, -0.15) is 0 Å². The van der Waals surface area contributed by atoms with E-state index in [1.807, 2.05) is 6.07 Å². The number of carbonyl (C=O) groups excluding carboxylic acids is 2. The quantitative estimate of drug-likeness (QED) is 0.848. The van der Waals surface area contributed by atoms with Crippen molar-refractivity contribution in [2.75, 3.05) is 31.7 Å². The molecule has 0 N–H and O–H groups in total. The summed E-state index contributed by atoms with van der Waals surface area (Å²) in [6.45, 7) is 2.90. The summed E-state index contributed by atoms with van der Waals surface area (Å²) in [7, 11) is 1.49. The fourth-order valence-corrected chi connectivity index (χ4v) is 3.40. The van der Waals surface area contributed by atoms with E-state index < -0.39 is 6.04 Å². The van der Waals surface area contributed by atoms with Crippen molar-refractivity contribution in [2.45, 2.75) is 32.2 Å². The molecule has 118 valence electrons. The summed E-state index contributed by atoms with van der Waals surface area (Å²) < 4.78 is 4.89. The Morgan fingerprint density at radius 3 is 2.82 bits per heavy atom. The smallest absolute Gasteiger partial charge is 0.249 e. The van der Waals surface area contributed by atoms with Crippen LogP contribution in [-0.2, 0) is 27.2 Å². The van der Waals surface area contributed by atoms with Gasteiger partial charge in [0.1, 0.15) is 12.6 Å². The lowest BCUT2D eigenvalue weighted by atomic mass is 10.1. The molecule has 2 aliphatic rings. The molecule has 5 heteroatoms. The standard InChI is InChI=1S/C17H22N2O3/c1-12-17(21)19(9-8-18(12)16(20)11-22-2)15-7-6-13-4-3-5-14(13)10-15/h6-7,10,12H,3-5,8-9,11H2,1-2H3. The minimum absolute atomic E-state index is 0.0198. The van der Waals surface area contributed by atoms with Crippen molar-refractivity contribution in [2.24, 2.45) is 0 Å². The zero-order chi connectivity index (χ0) is 15.7. The van der Waals surface area contributed by atoms with Gasteiger partial charge in [-0.3, -0.25) is 9.59 Å². The Kier molecular flexibility index (Phi) is 4.16. The first-order valence-electron chi connectivity index (χ1n) is 7.83. The van der Waals surface area contributed by atoms with Crippen LogP contribution in [0.5, 0.6) is 0 Å². The van der Waals surface area contributed by atoms with Crippen molar-refractivity contribution < 1.29 is 14.3 Å². The highest BCUT2D eigenvalue weighted by molar-refractivity contribution is 6.00. The number of hydrogen-bond acceptors (Lipinski definition) is 3. The molecule has 1 aliphatic carbocycles. The summed E-state index contributed by atoms with van der Waals surface area (Å²) >= 11 is 0. The van der Waals surface area contributed by atoms with Crippen LogP contribution >= 0.6 is 0 Å². The minimum atomic E-state index is -0.440. The molecular weight excluding hydrogens is 280 g/mol. The average Bonchev–Trinajstić information content (AvgIpc) is 2.97. The van der Waals surface area contributed by atoms with Gasteiger partial charge in [0.2, 0.25) is 11.8 Å². The lowest BCUT2D eigenvalue weighted by Gasteiger charge is -2.39. The number of carbonyl (C=O) groups is 2. The second-order valence-corrected chi connectivity index (χ2v) is 5.99. The van der Waals surface area contributed by atoms with E-state index in [0.717, 1.165) is 18.5 Å². The van der Waals surface area contributed by atoms with Gasteiger partial charge < -0.3 is 14.5 Å². The maximum atomic E-state index is 12.6. The normalized spacial score (nSPS) is 21.2. The summed E-state index contributed by atoms with van der Waals surface area (Å²) in [6.07, 6.45) is 3.43. The predicted molar refractivity (Wildman–Crippen MR) is 83.9 cm³/mol. The number of fused-ring (bicyclic) bond motifs is 1. The number of piperazine rings is 1. The molecule has 0 aromatic heterocycles. The van der Waals surface area contributed by atoms with Gasteiger partial charge in [0.05, 0.1) is 0 Å². The summed E-state index contributed by atoms with van der Waals surface area (Å²) in [5, 5.41) is 0. The number of nitrogens with zero attached hydrogens (tertiary/aromatic N) is 2. The lowest BCUT2D eigenvalue weighted by molar-refractivity contribution is -0.143. The third-order valence-corrected chi connectivity index (χ3v) is 4.64. The van der Waals surface area contributed by atoms with Crippen molar-refractivity contribution in [1.82, 2.24) is 4.90 Å². The van der Waals surface area contributed by atoms with Crippen LogP contribution in [0.1, 0.15) is 24.5 Å². The van der Waals surface area contributed by atoms with E-state index in [4.69, 9.17) is 4.74 Å². The van der Waals surface area contributed by atoms with Gasteiger partial charge in [0.25, 0.3) is 0 Å². The van der Waals surface area contributed by atoms with Crippen molar-refractivity contribution in [3.05, 3.63) is 29.3 Å². The fourth-order valence-electron chi connectivity index (χ4n) is 3.40. The highest BCUT2D eigenvalue weighted by atomic mass is 16.5. The van der Waals surface area contributed by atoms with Crippen LogP contribution in [0.4, 0.5) is 5.69 Å². The van der Waals surface area contributed by atoms with Gasteiger partial charge in [-0.25, -0.2) is 0 Å². The zero-order valence-corrected chi connectivity index (χ0v) is 13.2. The molecule has 1 atom stereocenters. The van der Waals surface area contributed by atoms with Crippen LogP contribution in [0.15, 0.2) is 18.2 Å². The summed E-state index contributed by atoms with van der Waals surface area (Å²) in [6, 6.07) is 5.86. The Morgan fingerprint density at radius 2 is 2.05 bits per heavy atom. The van der Waals surface area contributed by atoms with E-state index in [2.05, 4.69) is 12.1 Å². The van der Waals surface area contributed by atoms with Gasteiger partial charge in [-0.05, 0) is 49.4 Å². The lowest BCUT2D eigenvalue weighted by Crippen LogP contribution is -2.58. The molecule has 1 fully saturated rings. The third kappa shape index (κ3) is 2.61. The van der Waals surface area contributed by atoms with Crippen LogP contribution in [0.3, 0.4) is 0 Å². The van der Waals surface area contributed by atoms with Crippen LogP contribution in [0, 0.1) is 0 Å². The fraction of sp³-hybridized carbons (Fsp3) is 0.529. The molecule has 1 aromatic rings. The molecule has 0 spiro atoms. The summed E-state index contributed by atoms with van der Waals surface area (Å²) in [5.41, 5.74) is 3.71. The summed E-state index contributed by atoms with van der Waals surface area (Å²) in [4.78, 5) is 28.0. The Hall–Kier alpha value is -1.88. The maximum Gasteiger partial charge on any atom is 0.249 e. The third-order valence-electron chi connectivity index (χ3n) is 4.64. The van der Waals surface area contributed by atoms with Gasteiger partial charge in [0.15, 0.2) is 0 Å². The second-order valence-electron chi connectivity index (χ2n) is 5.99. The molecule has 0 bridgehead atoms. The van der Waals surface area contributed by atoms with Crippen molar-refractivity contribution >= 4 is 17.5 Å². The van der Waals surface area contributed by atoms with Gasteiger partial charge in [-0.15, -0.1) is 0 Å². The number of rotatable bonds is 3. The summed E-state index contributed by atoms with van der Waals surface area (Å²) in [5.74, 6) is -0.148. The monoisotopic (exact) mass is 302 g/mol. The number of benzene rings is 1.